The standard InChI is InChI=1S/C21H18F2N2O2/c1-27-21-17(16-6-7-18(22)19(23)11-16)9-15(12-25-21)8-13-2-4-14(5-3-13)10-20(24)26/h2-7,9,11-12H,8,10H2,1H3,(H2,24,26). The van der Waals surface area contributed by atoms with Crippen molar-refractivity contribution in [1.82, 2.24) is 4.98 Å². The van der Waals surface area contributed by atoms with Crippen LogP contribution in [-0.2, 0) is 17.6 Å². The van der Waals surface area contributed by atoms with Crippen LogP contribution in [-0.4, -0.2) is 18.0 Å². The molecule has 0 aliphatic rings. The molecule has 0 aliphatic carbocycles. The highest BCUT2D eigenvalue weighted by Gasteiger charge is 2.12. The molecule has 1 heterocycles. The number of benzene rings is 2. The zero-order chi connectivity index (χ0) is 19.4. The maximum atomic E-state index is 13.6. The van der Waals surface area contributed by atoms with E-state index in [1.807, 2.05) is 30.3 Å². The number of hydrogen-bond donors (Lipinski definition) is 1. The molecule has 0 aliphatic heterocycles. The van der Waals surface area contributed by atoms with Crippen molar-refractivity contribution in [2.75, 3.05) is 7.11 Å². The first-order valence-corrected chi connectivity index (χ1v) is 8.30. The molecule has 0 radical (unpaired) electrons. The van der Waals surface area contributed by atoms with Gasteiger partial charge in [-0.2, -0.15) is 0 Å². The number of carbonyl (C=O) groups is 1. The van der Waals surface area contributed by atoms with Crippen molar-refractivity contribution >= 4 is 5.91 Å². The molecule has 6 heteroatoms. The van der Waals surface area contributed by atoms with E-state index in [9.17, 15) is 13.6 Å². The SMILES string of the molecule is COc1ncc(Cc2ccc(CC(N)=O)cc2)cc1-c1ccc(F)c(F)c1. The summed E-state index contributed by atoms with van der Waals surface area (Å²) in [5.41, 5.74) is 9.02. The normalized spacial score (nSPS) is 10.6. The van der Waals surface area contributed by atoms with Crippen molar-refractivity contribution in [3.05, 3.63) is 83.1 Å². The van der Waals surface area contributed by atoms with Crippen molar-refractivity contribution in [3.8, 4) is 17.0 Å². The molecular weight excluding hydrogens is 350 g/mol. The highest BCUT2D eigenvalue weighted by Crippen LogP contribution is 2.30. The molecule has 3 aromatic rings. The van der Waals surface area contributed by atoms with Crippen LogP contribution in [0.4, 0.5) is 8.78 Å². The molecule has 27 heavy (non-hydrogen) atoms. The highest BCUT2D eigenvalue weighted by atomic mass is 19.2. The maximum Gasteiger partial charge on any atom is 0.221 e. The Morgan fingerprint density at radius 2 is 1.70 bits per heavy atom. The minimum absolute atomic E-state index is 0.199. The molecule has 3 rings (SSSR count). The van der Waals surface area contributed by atoms with E-state index in [2.05, 4.69) is 4.98 Å². The van der Waals surface area contributed by atoms with Crippen LogP contribution in [0.15, 0.2) is 54.7 Å². The molecule has 138 valence electrons. The average Bonchev–Trinajstić information content (AvgIpc) is 2.65. The Balaban J connectivity index is 1.88. The third-order valence-corrected chi connectivity index (χ3v) is 4.14. The number of aromatic nitrogens is 1. The summed E-state index contributed by atoms with van der Waals surface area (Å²) >= 11 is 0. The molecule has 1 amide bonds. The molecule has 2 aromatic carbocycles. The summed E-state index contributed by atoms with van der Waals surface area (Å²) in [6.45, 7) is 0. The lowest BCUT2D eigenvalue weighted by Gasteiger charge is -2.11. The van der Waals surface area contributed by atoms with Gasteiger partial charge in [-0.3, -0.25) is 4.79 Å². The van der Waals surface area contributed by atoms with E-state index in [0.29, 0.717) is 23.4 Å². The van der Waals surface area contributed by atoms with Gasteiger partial charge in [-0.05, 0) is 46.9 Å². The first kappa shape index (κ1) is 18.5. The van der Waals surface area contributed by atoms with Crippen molar-refractivity contribution < 1.29 is 18.3 Å². The smallest absolute Gasteiger partial charge is 0.221 e. The van der Waals surface area contributed by atoms with Crippen molar-refractivity contribution in [3.63, 3.8) is 0 Å². The largest absolute Gasteiger partial charge is 0.481 e. The van der Waals surface area contributed by atoms with Crippen LogP contribution in [0.1, 0.15) is 16.7 Å². The minimum Gasteiger partial charge on any atom is -0.481 e. The van der Waals surface area contributed by atoms with Crippen molar-refractivity contribution in [1.29, 1.82) is 0 Å². The molecule has 0 spiro atoms. The van der Waals surface area contributed by atoms with Gasteiger partial charge in [-0.15, -0.1) is 0 Å². The van der Waals surface area contributed by atoms with Crippen LogP contribution in [0.25, 0.3) is 11.1 Å². The van der Waals surface area contributed by atoms with Gasteiger partial charge in [0.1, 0.15) is 0 Å². The molecular formula is C21H18F2N2O2. The molecule has 0 bridgehead atoms. The lowest BCUT2D eigenvalue weighted by molar-refractivity contribution is -0.117. The second-order valence-corrected chi connectivity index (χ2v) is 6.17. The third-order valence-electron chi connectivity index (χ3n) is 4.14. The first-order valence-electron chi connectivity index (χ1n) is 8.30. The van der Waals surface area contributed by atoms with Crippen LogP contribution >= 0.6 is 0 Å². The number of hydrogen-bond acceptors (Lipinski definition) is 3. The van der Waals surface area contributed by atoms with Gasteiger partial charge in [0.05, 0.1) is 13.5 Å². The average molecular weight is 368 g/mol. The zero-order valence-corrected chi connectivity index (χ0v) is 14.7. The summed E-state index contributed by atoms with van der Waals surface area (Å²) in [4.78, 5) is 15.3. The lowest BCUT2D eigenvalue weighted by Crippen LogP contribution is -2.13. The Bertz CT molecular complexity index is 972. The Kier molecular flexibility index (Phi) is 5.45. The summed E-state index contributed by atoms with van der Waals surface area (Å²) in [6, 6.07) is 13.1. The van der Waals surface area contributed by atoms with Gasteiger partial charge in [0.25, 0.3) is 0 Å². The summed E-state index contributed by atoms with van der Waals surface area (Å²) in [5.74, 6) is -1.87. The van der Waals surface area contributed by atoms with Crippen molar-refractivity contribution in [2.45, 2.75) is 12.8 Å². The monoisotopic (exact) mass is 368 g/mol. The van der Waals surface area contributed by atoms with Crippen molar-refractivity contribution in [2.24, 2.45) is 5.73 Å². The van der Waals surface area contributed by atoms with E-state index in [0.717, 1.165) is 28.8 Å². The third kappa shape index (κ3) is 4.47. The van der Waals surface area contributed by atoms with Crippen LogP contribution in [0.3, 0.4) is 0 Å². The van der Waals surface area contributed by atoms with Gasteiger partial charge in [-0.25, -0.2) is 13.8 Å². The van der Waals surface area contributed by atoms with Gasteiger partial charge in [0.2, 0.25) is 11.8 Å². The van der Waals surface area contributed by atoms with Gasteiger partial charge in [-0.1, -0.05) is 30.3 Å². The van der Waals surface area contributed by atoms with E-state index in [1.165, 1.54) is 13.2 Å². The predicted molar refractivity (Wildman–Crippen MR) is 98.3 cm³/mol. The van der Waals surface area contributed by atoms with Crippen LogP contribution in [0, 0.1) is 11.6 Å². The fraction of sp³-hybridized carbons (Fsp3) is 0.143. The number of methoxy groups -OCH3 is 1. The number of pyridine rings is 1. The summed E-state index contributed by atoms with van der Waals surface area (Å²) in [6.07, 6.45) is 2.47. The maximum absolute atomic E-state index is 13.6. The topological polar surface area (TPSA) is 65.2 Å². The van der Waals surface area contributed by atoms with Gasteiger partial charge in [0, 0.05) is 11.8 Å². The second-order valence-electron chi connectivity index (χ2n) is 6.17. The molecule has 1 aromatic heterocycles. The summed E-state index contributed by atoms with van der Waals surface area (Å²) in [5, 5.41) is 0. The Morgan fingerprint density at radius 1 is 1.00 bits per heavy atom. The number of ether oxygens (including phenoxy) is 1. The van der Waals surface area contributed by atoms with Gasteiger partial charge < -0.3 is 10.5 Å². The number of nitrogens with zero attached hydrogens (tertiary/aromatic N) is 1. The highest BCUT2D eigenvalue weighted by molar-refractivity contribution is 5.76. The number of primary amides is 1. The molecule has 2 N–H and O–H groups in total. The number of rotatable bonds is 6. The van der Waals surface area contributed by atoms with E-state index >= 15 is 0 Å². The van der Waals surface area contributed by atoms with E-state index < -0.39 is 11.6 Å². The Morgan fingerprint density at radius 3 is 2.33 bits per heavy atom. The Labute approximate surface area is 155 Å². The number of amides is 1. The summed E-state index contributed by atoms with van der Waals surface area (Å²) < 4.78 is 32.1. The second kappa shape index (κ2) is 7.95. The Hall–Kier alpha value is -3.28. The number of carbonyl (C=O) groups excluding carboxylic acids is 1. The van der Waals surface area contributed by atoms with Gasteiger partial charge in [0.15, 0.2) is 11.6 Å². The minimum atomic E-state index is -0.926. The molecule has 0 saturated carbocycles. The van der Waals surface area contributed by atoms with E-state index in [4.69, 9.17) is 10.5 Å². The first-order chi connectivity index (χ1) is 13.0. The van der Waals surface area contributed by atoms with Crippen LogP contribution in [0.5, 0.6) is 5.88 Å². The number of halogens is 2. The summed E-state index contributed by atoms with van der Waals surface area (Å²) in [7, 11) is 1.48. The molecule has 0 fully saturated rings. The quantitative estimate of drug-likeness (QED) is 0.722. The lowest BCUT2D eigenvalue weighted by atomic mass is 10.00. The van der Waals surface area contributed by atoms with E-state index in [1.54, 1.807) is 6.20 Å². The van der Waals surface area contributed by atoms with Crippen LogP contribution in [0.2, 0.25) is 0 Å². The molecule has 0 unspecified atom stereocenters. The fourth-order valence-corrected chi connectivity index (χ4v) is 2.84. The molecule has 0 atom stereocenters. The zero-order valence-electron chi connectivity index (χ0n) is 14.7. The van der Waals surface area contributed by atoms with E-state index in [-0.39, 0.29) is 12.3 Å². The van der Waals surface area contributed by atoms with Gasteiger partial charge >= 0.3 is 0 Å². The predicted octanol–water partition coefficient (Wildman–Crippen LogP) is 3.65. The fourth-order valence-electron chi connectivity index (χ4n) is 2.84. The van der Waals surface area contributed by atoms with Crippen LogP contribution < -0.4 is 10.5 Å². The number of nitrogens with two attached hydrogens (primary N) is 1. The molecule has 4 nitrogen and oxygen atoms in total. The molecule has 0 saturated heterocycles.